The molecule has 3 nitrogen and oxygen atoms in total. The van der Waals surface area contributed by atoms with Crippen LogP contribution >= 0.6 is 0 Å². The van der Waals surface area contributed by atoms with Crippen molar-refractivity contribution in [2.45, 2.75) is 84.0 Å². The van der Waals surface area contributed by atoms with Crippen LogP contribution in [0.15, 0.2) is 0 Å². The molecule has 0 aliphatic heterocycles. The first-order chi connectivity index (χ1) is 10.7. The molecule has 0 bridgehead atoms. The van der Waals surface area contributed by atoms with Gasteiger partial charge in [-0.2, -0.15) is 0 Å². The Balaban J connectivity index is 3.19. The van der Waals surface area contributed by atoms with Gasteiger partial charge in [0.15, 0.2) is 0 Å². The van der Waals surface area contributed by atoms with Crippen molar-refractivity contribution in [3.63, 3.8) is 0 Å². The highest BCUT2D eigenvalue weighted by atomic mass is 32.2. The standard InChI is InChI=1S/C18H32O3S/c1-2-3-13-16-22(21)17-14-11-9-7-5-4-6-8-10-12-15-18(19)20/h2-11,13-14,16-17H2,1H3,(H,19,20). The molecule has 1 unspecified atom stereocenters. The van der Waals surface area contributed by atoms with Crippen LogP contribution in [0, 0.1) is 11.8 Å². The van der Waals surface area contributed by atoms with E-state index in [2.05, 4.69) is 18.8 Å². The van der Waals surface area contributed by atoms with Gasteiger partial charge in [0, 0.05) is 34.6 Å². The van der Waals surface area contributed by atoms with Gasteiger partial charge >= 0.3 is 5.97 Å². The van der Waals surface area contributed by atoms with E-state index in [4.69, 9.17) is 5.11 Å². The van der Waals surface area contributed by atoms with Gasteiger partial charge in [0.1, 0.15) is 0 Å². The number of carboxylic acids is 1. The Labute approximate surface area is 138 Å². The van der Waals surface area contributed by atoms with Crippen molar-refractivity contribution in [3.8, 4) is 11.8 Å². The molecule has 0 saturated heterocycles. The predicted octanol–water partition coefficient (Wildman–Crippen LogP) is 4.52. The van der Waals surface area contributed by atoms with Crippen molar-refractivity contribution >= 4 is 16.8 Å². The van der Waals surface area contributed by atoms with Gasteiger partial charge in [0.2, 0.25) is 0 Å². The normalized spacial score (nSPS) is 11.7. The Bertz CT molecular complexity index is 355. The molecule has 1 atom stereocenters. The number of hydrogen-bond acceptors (Lipinski definition) is 2. The zero-order chi connectivity index (χ0) is 16.5. The molecule has 4 heteroatoms. The van der Waals surface area contributed by atoms with E-state index < -0.39 is 16.8 Å². The third-order valence-electron chi connectivity index (χ3n) is 3.59. The van der Waals surface area contributed by atoms with Crippen molar-refractivity contribution in [2.24, 2.45) is 0 Å². The monoisotopic (exact) mass is 328 g/mol. The van der Waals surface area contributed by atoms with E-state index in [1.807, 2.05) is 0 Å². The summed E-state index contributed by atoms with van der Waals surface area (Å²) in [7, 11) is -0.593. The van der Waals surface area contributed by atoms with Crippen LogP contribution in [-0.4, -0.2) is 26.8 Å². The number of carbonyl (C=O) groups is 1. The Morgan fingerprint density at radius 2 is 1.36 bits per heavy atom. The Morgan fingerprint density at radius 3 is 1.91 bits per heavy atom. The largest absolute Gasteiger partial charge is 0.472 e. The first kappa shape index (κ1) is 21.2. The molecule has 22 heavy (non-hydrogen) atoms. The summed E-state index contributed by atoms with van der Waals surface area (Å²) in [6, 6.07) is 0. The highest BCUT2D eigenvalue weighted by Gasteiger charge is 1.99. The minimum Gasteiger partial charge on any atom is -0.472 e. The van der Waals surface area contributed by atoms with Crippen molar-refractivity contribution in [1.29, 1.82) is 0 Å². The summed E-state index contributed by atoms with van der Waals surface area (Å²) >= 11 is 0. The summed E-state index contributed by atoms with van der Waals surface area (Å²) in [4.78, 5) is 10.2. The molecule has 0 aromatic carbocycles. The van der Waals surface area contributed by atoms with Gasteiger partial charge in [0.25, 0.3) is 0 Å². The van der Waals surface area contributed by atoms with Crippen LogP contribution in [0.3, 0.4) is 0 Å². The molecular formula is C18H32O3S. The third kappa shape index (κ3) is 17.2. The number of rotatable bonds is 14. The number of aliphatic carboxylic acids is 1. The van der Waals surface area contributed by atoms with E-state index in [1.54, 1.807) is 0 Å². The lowest BCUT2D eigenvalue weighted by Crippen LogP contribution is -2.02. The lowest BCUT2D eigenvalue weighted by Gasteiger charge is -2.03. The Hall–Kier alpha value is -0.820. The molecular weight excluding hydrogens is 296 g/mol. The molecule has 0 saturated carbocycles. The zero-order valence-electron chi connectivity index (χ0n) is 14.1. The minimum absolute atomic E-state index is 0.593. The SMILES string of the molecule is CCCCCS(=O)CCCCCCCCCCC#CC(=O)O. The van der Waals surface area contributed by atoms with Crippen LogP contribution < -0.4 is 0 Å². The summed E-state index contributed by atoms with van der Waals surface area (Å²) in [5.41, 5.74) is 0. The van der Waals surface area contributed by atoms with Gasteiger partial charge in [-0.1, -0.05) is 64.2 Å². The predicted molar refractivity (Wildman–Crippen MR) is 94.4 cm³/mol. The summed E-state index contributed by atoms with van der Waals surface area (Å²) in [6.07, 6.45) is 13.6. The maximum Gasteiger partial charge on any atom is 0.381 e. The van der Waals surface area contributed by atoms with Gasteiger partial charge in [-0.05, 0) is 19.3 Å². The molecule has 0 spiro atoms. The van der Waals surface area contributed by atoms with Crippen LogP contribution in [-0.2, 0) is 15.6 Å². The molecule has 128 valence electrons. The van der Waals surface area contributed by atoms with E-state index in [-0.39, 0.29) is 0 Å². The van der Waals surface area contributed by atoms with Crippen molar-refractivity contribution in [2.75, 3.05) is 11.5 Å². The van der Waals surface area contributed by atoms with Gasteiger partial charge in [-0.25, -0.2) is 4.79 Å². The molecule has 0 fully saturated rings. The van der Waals surface area contributed by atoms with E-state index in [9.17, 15) is 9.00 Å². The van der Waals surface area contributed by atoms with E-state index >= 15 is 0 Å². The van der Waals surface area contributed by atoms with Crippen LogP contribution in [0.5, 0.6) is 0 Å². The molecule has 0 aromatic heterocycles. The third-order valence-corrected chi connectivity index (χ3v) is 5.08. The molecule has 0 radical (unpaired) electrons. The fourth-order valence-electron chi connectivity index (χ4n) is 2.29. The van der Waals surface area contributed by atoms with Crippen LogP contribution in [0.1, 0.15) is 84.0 Å². The number of carboxylic acid groups (broad SMARTS) is 1. The maximum absolute atomic E-state index is 11.7. The fourth-order valence-corrected chi connectivity index (χ4v) is 3.55. The lowest BCUT2D eigenvalue weighted by atomic mass is 10.1. The van der Waals surface area contributed by atoms with Gasteiger partial charge in [-0.3, -0.25) is 4.21 Å². The van der Waals surface area contributed by atoms with Gasteiger partial charge in [-0.15, -0.1) is 0 Å². The fraction of sp³-hybridized carbons (Fsp3) is 0.833. The summed E-state index contributed by atoms with van der Waals surface area (Å²) in [5.74, 6) is 5.52. The van der Waals surface area contributed by atoms with Crippen molar-refractivity contribution in [3.05, 3.63) is 0 Å². The average molecular weight is 329 g/mol. The van der Waals surface area contributed by atoms with Crippen molar-refractivity contribution in [1.82, 2.24) is 0 Å². The first-order valence-electron chi connectivity index (χ1n) is 8.73. The van der Waals surface area contributed by atoms with Crippen LogP contribution in [0.2, 0.25) is 0 Å². The van der Waals surface area contributed by atoms with E-state index in [0.717, 1.165) is 37.2 Å². The molecule has 0 aromatic rings. The average Bonchev–Trinajstić information content (AvgIpc) is 2.48. The van der Waals surface area contributed by atoms with E-state index in [1.165, 1.54) is 44.9 Å². The molecule has 0 aliphatic carbocycles. The minimum atomic E-state index is -1.04. The number of unbranched alkanes of at least 4 members (excludes halogenated alkanes) is 10. The smallest absolute Gasteiger partial charge is 0.381 e. The highest BCUT2D eigenvalue weighted by Crippen LogP contribution is 2.10. The second-order valence-corrected chi connectivity index (χ2v) is 7.44. The van der Waals surface area contributed by atoms with Crippen molar-refractivity contribution < 1.29 is 14.1 Å². The second-order valence-electron chi connectivity index (χ2n) is 5.74. The summed E-state index contributed by atoms with van der Waals surface area (Å²) < 4.78 is 11.7. The molecule has 0 rings (SSSR count). The summed E-state index contributed by atoms with van der Waals surface area (Å²) in [6.45, 7) is 2.17. The molecule has 1 N–H and O–H groups in total. The number of hydrogen-bond donors (Lipinski definition) is 1. The molecule has 0 heterocycles. The van der Waals surface area contributed by atoms with Gasteiger partial charge in [0.05, 0.1) is 0 Å². The second kappa shape index (κ2) is 16.5. The topological polar surface area (TPSA) is 54.4 Å². The van der Waals surface area contributed by atoms with E-state index in [0.29, 0.717) is 6.42 Å². The highest BCUT2D eigenvalue weighted by molar-refractivity contribution is 7.84. The lowest BCUT2D eigenvalue weighted by molar-refractivity contribution is -0.130. The maximum atomic E-state index is 11.7. The zero-order valence-corrected chi connectivity index (χ0v) is 14.9. The Morgan fingerprint density at radius 1 is 0.864 bits per heavy atom. The molecule has 0 aliphatic rings. The summed E-state index contributed by atoms with van der Waals surface area (Å²) in [5, 5.41) is 8.35. The molecule has 0 amide bonds. The quantitative estimate of drug-likeness (QED) is 0.377. The first-order valence-corrected chi connectivity index (χ1v) is 10.2. The van der Waals surface area contributed by atoms with Gasteiger partial charge < -0.3 is 5.11 Å². The van der Waals surface area contributed by atoms with Crippen LogP contribution in [0.4, 0.5) is 0 Å². The van der Waals surface area contributed by atoms with Crippen LogP contribution in [0.25, 0.3) is 0 Å². The Kier molecular flexibility index (Phi) is 15.9.